The molecule has 0 radical (unpaired) electrons. The first-order chi connectivity index (χ1) is 5.29. The van der Waals surface area contributed by atoms with Gasteiger partial charge in [0.15, 0.2) is 0 Å². The van der Waals surface area contributed by atoms with Crippen molar-refractivity contribution in [2.45, 2.75) is 46.0 Å². The molecule has 0 aromatic rings. The molecule has 2 aliphatic rings. The van der Waals surface area contributed by atoms with E-state index in [1.807, 2.05) is 0 Å². The van der Waals surface area contributed by atoms with Gasteiger partial charge >= 0.3 is 0 Å². The molecule has 0 nitrogen and oxygen atoms in total. The second-order valence-electron chi connectivity index (χ2n) is 4.77. The monoisotopic (exact) mass is 152 g/mol. The van der Waals surface area contributed by atoms with Gasteiger partial charge in [-0.15, -0.1) is 0 Å². The predicted octanol–water partition coefficient (Wildman–Crippen LogP) is 3.47. The highest BCUT2D eigenvalue weighted by molar-refractivity contribution is 4.87. The third-order valence-corrected chi connectivity index (χ3v) is 4.28. The predicted molar refractivity (Wildman–Crippen MR) is 48.4 cm³/mol. The van der Waals surface area contributed by atoms with Crippen LogP contribution >= 0.6 is 0 Å². The third-order valence-electron chi connectivity index (χ3n) is 4.28. The summed E-state index contributed by atoms with van der Waals surface area (Å²) in [5, 5.41) is 0. The maximum Gasteiger partial charge on any atom is -0.0357 e. The molecular weight excluding hydrogens is 132 g/mol. The first-order valence-corrected chi connectivity index (χ1v) is 5.29. The van der Waals surface area contributed by atoms with Gasteiger partial charge in [0.2, 0.25) is 0 Å². The molecule has 2 rings (SSSR count). The van der Waals surface area contributed by atoms with Crippen LogP contribution in [0.25, 0.3) is 0 Å². The molecule has 0 bridgehead atoms. The highest BCUT2D eigenvalue weighted by atomic mass is 14.4. The van der Waals surface area contributed by atoms with Crippen LogP contribution in [0.1, 0.15) is 46.0 Å². The Morgan fingerprint density at radius 1 is 0.909 bits per heavy atom. The summed E-state index contributed by atoms with van der Waals surface area (Å²) in [7, 11) is 0. The number of rotatable bonds is 1. The fourth-order valence-corrected chi connectivity index (χ4v) is 2.94. The van der Waals surface area contributed by atoms with Crippen LogP contribution in [0.5, 0.6) is 0 Å². The minimum Gasteiger partial charge on any atom is -0.0622 e. The molecule has 0 spiro atoms. The largest absolute Gasteiger partial charge is 0.0622 e. The van der Waals surface area contributed by atoms with Crippen LogP contribution in [0.15, 0.2) is 0 Å². The zero-order valence-electron chi connectivity index (χ0n) is 7.84. The molecule has 0 N–H and O–H groups in total. The average molecular weight is 152 g/mol. The molecule has 3 atom stereocenters. The summed E-state index contributed by atoms with van der Waals surface area (Å²) in [5.41, 5.74) is 0. The molecule has 0 heteroatoms. The zero-order chi connectivity index (χ0) is 7.84. The van der Waals surface area contributed by atoms with E-state index in [1.165, 1.54) is 19.3 Å². The van der Waals surface area contributed by atoms with Crippen LogP contribution in [-0.4, -0.2) is 0 Å². The molecule has 2 aliphatic carbocycles. The molecule has 0 aromatic carbocycles. The van der Waals surface area contributed by atoms with E-state index in [4.69, 9.17) is 0 Å². The van der Waals surface area contributed by atoms with Gasteiger partial charge in [0, 0.05) is 0 Å². The summed E-state index contributed by atoms with van der Waals surface area (Å²) < 4.78 is 0. The van der Waals surface area contributed by atoms with E-state index in [1.54, 1.807) is 12.8 Å². The second kappa shape index (κ2) is 2.80. The lowest BCUT2D eigenvalue weighted by Gasteiger charge is -2.34. The smallest absolute Gasteiger partial charge is 0.0357 e. The van der Waals surface area contributed by atoms with Crippen LogP contribution < -0.4 is 0 Å². The molecule has 2 saturated carbocycles. The lowest BCUT2D eigenvalue weighted by atomic mass is 9.71. The Kier molecular flexibility index (Phi) is 1.95. The lowest BCUT2D eigenvalue weighted by Crippen LogP contribution is -2.24. The van der Waals surface area contributed by atoms with Gasteiger partial charge in [-0.25, -0.2) is 0 Å². The van der Waals surface area contributed by atoms with Crippen molar-refractivity contribution in [1.29, 1.82) is 0 Å². The van der Waals surface area contributed by atoms with Crippen LogP contribution in [0.4, 0.5) is 0 Å². The van der Waals surface area contributed by atoms with Crippen molar-refractivity contribution in [2.24, 2.45) is 23.7 Å². The Bertz CT molecular complexity index is 135. The summed E-state index contributed by atoms with van der Waals surface area (Å²) in [6.07, 6.45) is 7.64. The third kappa shape index (κ3) is 1.21. The van der Waals surface area contributed by atoms with Crippen molar-refractivity contribution >= 4 is 0 Å². The number of hydrogen-bond donors (Lipinski definition) is 0. The van der Waals surface area contributed by atoms with Gasteiger partial charge in [-0.05, 0) is 30.1 Å². The standard InChI is InChI=1S/C11H20/c1-8-6-7-11(9(8)2)10-4-3-5-10/h8-11H,3-7H2,1-2H3/t8?,9-,11+/m0/s1. The molecule has 0 heterocycles. The van der Waals surface area contributed by atoms with Gasteiger partial charge in [-0.1, -0.05) is 39.5 Å². The minimum absolute atomic E-state index is 1.01. The second-order valence-corrected chi connectivity index (χ2v) is 4.77. The van der Waals surface area contributed by atoms with E-state index in [0.29, 0.717) is 0 Å². The van der Waals surface area contributed by atoms with Gasteiger partial charge in [0.05, 0.1) is 0 Å². The molecule has 0 aliphatic heterocycles. The summed E-state index contributed by atoms with van der Waals surface area (Å²) in [6, 6.07) is 0. The minimum atomic E-state index is 1.01. The Morgan fingerprint density at radius 2 is 1.64 bits per heavy atom. The maximum atomic E-state index is 2.47. The number of hydrogen-bond acceptors (Lipinski definition) is 0. The molecule has 2 fully saturated rings. The van der Waals surface area contributed by atoms with Crippen LogP contribution in [-0.2, 0) is 0 Å². The Labute approximate surface area is 70.4 Å². The van der Waals surface area contributed by atoms with Crippen molar-refractivity contribution in [3.8, 4) is 0 Å². The van der Waals surface area contributed by atoms with Crippen LogP contribution in [0.3, 0.4) is 0 Å². The van der Waals surface area contributed by atoms with Gasteiger partial charge < -0.3 is 0 Å². The summed E-state index contributed by atoms with van der Waals surface area (Å²) in [5.74, 6) is 4.29. The SMILES string of the molecule is CC1CC[C@@H](C2CCC2)[C@H]1C. The summed E-state index contributed by atoms with van der Waals surface area (Å²) in [6.45, 7) is 4.91. The highest BCUT2D eigenvalue weighted by Gasteiger charge is 2.37. The Balaban J connectivity index is 1.93. The van der Waals surface area contributed by atoms with E-state index in [2.05, 4.69) is 13.8 Å². The van der Waals surface area contributed by atoms with E-state index in [-0.39, 0.29) is 0 Å². The molecular formula is C11H20. The van der Waals surface area contributed by atoms with Crippen molar-refractivity contribution < 1.29 is 0 Å². The van der Waals surface area contributed by atoms with Crippen molar-refractivity contribution in [2.75, 3.05) is 0 Å². The Morgan fingerprint density at radius 3 is 2.00 bits per heavy atom. The zero-order valence-corrected chi connectivity index (χ0v) is 7.84. The molecule has 64 valence electrons. The summed E-state index contributed by atoms with van der Waals surface area (Å²) >= 11 is 0. The average Bonchev–Trinajstić information content (AvgIpc) is 2.15. The molecule has 0 amide bonds. The van der Waals surface area contributed by atoms with Crippen molar-refractivity contribution in [1.82, 2.24) is 0 Å². The molecule has 1 unspecified atom stereocenters. The highest BCUT2D eigenvalue weighted by Crippen LogP contribution is 2.47. The normalized spacial score (nSPS) is 45.8. The van der Waals surface area contributed by atoms with Crippen molar-refractivity contribution in [3.63, 3.8) is 0 Å². The van der Waals surface area contributed by atoms with Gasteiger partial charge in [-0.2, -0.15) is 0 Å². The van der Waals surface area contributed by atoms with E-state index in [9.17, 15) is 0 Å². The quantitative estimate of drug-likeness (QED) is 0.539. The van der Waals surface area contributed by atoms with Crippen LogP contribution in [0, 0.1) is 23.7 Å². The molecule has 0 aromatic heterocycles. The molecule has 0 saturated heterocycles. The van der Waals surface area contributed by atoms with Crippen molar-refractivity contribution in [3.05, 3.63) is 0 Å². The maximum absolute atomic E-state index is 2.47. The lowest BCUT2D eigenvalue weighted by molar-refractivity contribution is 0.162. The van der Waals surface area contributed by atoms with E-state index in [0.717, 1.165) is 23.7 Å². The summed E-state index contributed by atoms with van der Waals surface area (Å²) in [4.78, 5) is 0. The van der Waals surface area contributed by atoms with E-state index >= 15 is 0 Å². The van der Waals surface area contributed by atoms with Gasteiger partial charge in [0.25, 0.3) is 0 Å². The fourth-order valence-electron chi connectivity index (χ4n) is 2.94. The first-order valence-electron chi connectivity index (χ1n) is 5.29. The molecule has 11 heavy (non-hydrogen) atoms. The topological polar surface area (TPSA) is 0 Å². The van der Waals surface area contributed by atoms with Gasteiger partial charge in [0.1, 0.15) is 0 Å². The Hall–Kier alpha value is 0. The van der Waals surface area contributed by atoms with Gasteiger partial charge in [-0.3, -0.25) is 0 Å². The van der Waals surface area contributed by atoms with E-state index < -0.39 is 0 Å². The first kappa shape index (κ1) is 7.64. The van der Waals surface area contributed by atoms with Crippen LogP contribution in [0.2, 0.25) is 0 Å². The fraction of sp³-hybridized carbons (Fsp3) is 1.00.